The first-order valence-corrected chi connectivity index (χ1v) is 12.8. The summed E-state index contributed by atoms with van der Waals surface area (Å²) in [5.74, 6) is 0.00471. The van der Waals surface area contributed by atoms with Crippen LogP contribution in [0.25, 0.3) is 11.0 Å². The molecule has 0 bridgehead atoms. The van der Waals surface area contributed by atoms with Crippen LogP contribution in [0, 0.1) is 18.3 Å². The van der Waals surface area contributed by atoms with Crippen molar-refractivity contribution in [1.82, 2.24) is 14.5 Å². The Kier molecular flexibility index (Phi) is 5.98. The van der Waals surface area contributed by atoms with Crippen LogP contribution < -0.4 is 5.32 Å². The van der Waals surface area contributed by atoms with Crippen molar-refractivity contribution in [2.45, 2.75) is 70.4 Å². The van der Waals surface area contributed by atoms with Crippen molar-refractivity contribution >= 4 is 28.7 Å². The number of carbonyl (C=O) groups excluding carboxylic acids is 2. The van der Waals surface area contributed by atoms with E-state index in [0.29, 0.717) is 23.4 Å². The second-order valence-electron chi connectivity index (χ2n) is 11.4. The summed E-state index contributed by atoms with van der Waals surface area (Å²) in [4.78, 5) is 32.5. The van der Waals surface area contributed by atoms with Gasteiger partial charge >= 0.3 is 6.09 Å². The number of ether oxygens (including phenoxy) is 1. The van der Waals surface area contributed by atoms with E-state index in [1.807, 2.05) is 44.2 Å². The van der Waals surface area contributed by atoms with E-state index >= 15 is 0 Å². The molecule has 8 heteroatoms. The Labute approximate surface area is 217 Å². The van der Waals surface area contributed by atoms with Crippen molar-refractivity contribution < 1.29 is 14.3 Å². The fourth-order valence-electron chi connectivity index (χ4n) is 5.58. The molecule has 37 heavy (non-hydrogen) atoms. The van der Waals surface area contributed by atoms with Crippen LogP contribution in [0.15, 0.2) is 36.7 Å². The summed E-state index contributed by atoms with van der Waals surface area (Å²) < 4.78 is 7.75. The van der Waals surface area contributed by atoms with E-state index in [9.17, 15) is 9.59 Å². The van der Waals surface area contributed by atoms with Crippen LogP contribution >= 0.6 is 0 Å². The number of hydrogen-bond donors (Lipinski definition) is 1. The quantitative estimate of drug-likeness (QED) is 0.502. The molecule has 1 atom stereocenters. The predicted molar refractivity (Wildman–Crippen MR) is 141 cm³/mol. The third-order valence-electron chi connectivity index (χ3n) is 7.56. The number of nitrogens with zero attached hydrogens (tertiary/aromatic N) is 4. The summed E-state index contributed by atoms with van der Waals surface area (Å²) in [5, 5.41) is 13.2. The SMILES string of the molecule is Cc1c(NC(=O)c2cccc(C#N)c2)cnc2c1c(C1CCN(C(=O)OC(C)(C)C)C3(CC3)C1)cn2C. The Hall–Kier alpha value is -3.86. The Morgan fingerprint density at radius 1 is 1.27 bits per heavy atom. The number of piperidine rings is 1. The maximum absolute atomic E-state index is 13.0. The molecule has 1 aromatic carbocycles. The zero-order valence-electron chi connectivity index (χ0n) is 22.1. The number of carbonyl (C=O) groups is 2. The average molecular weight is 500 g/mol. The van der Waals surface area contributed by atoms with Crippen LogP contribution in [-0.2, 0) is 11.8 Å². The van der Waals surface area contributed by atoms with E-state index < -0.39 is 5.60 Å². The molecule has 2 aliphatic rings. The monoisotopic (exact) mass is 499 g/mol. The molecule has 1 aliphatic carbocycles. The number of nitrogens with one attached hydrogen (secondary N) is 1. The molecule has 2 amide bonds. The van der Waals surface area contributed by atoms with Gasteiger partial charge in [0, 0.05) is 36.3 Å². The average Bonchev–Trinajstić information content (AvgIpc) is 3.52. The number of aryl methyl sites for hydroxylation is 2. The molecule has 1 saturated heterocycles. The predicted octanol–water partition coefficient (Wildman–Crippen LogP) is 5.65. The largest absolute Gasteiger partial charge is 0.444 e. The fraction of sp³-hybridized carbons (Fsp3) is 0.448. The summed E-state index contributed by atoms with van der Waals surface area (Å²) in [6.07, 6.45) is 7.35. The van der Waals surface area contributed by atoms with E-state index in [0.717, 1.165) is 42.3 Å². The Balaban J connectivity index is 1.43. The highest BCUT2D eigenvalue weighted by atomic mass is 16.6. The van der Waals surface area contributed by atoms with Crippen LogP contribution in [0.4, 0.5) is 10.5 Å². The van der Waals surface area contributed by atoms with Gasteiger partial charge < -0.3 is 19.5 Å². The Morgan fingerprint density at radius 2 is 2.03 bits per heavy atom. The second kappa shape index (κ2) is 8.91. The van der Waals surface area contributed by atoms with Crippen molar-refractivity contribution in [2.24, 2.45) is 7.05 Å². The lowest BCUT2D eigenvalue weighted by atomic mass is 9.83. The maximum Gasteiger partial charge on any atom is 0.410 e. The molecule has 1 aliphatic heterocycles. The van der Waals surface area contributed by atoms with Gasteiger partial charge in [0.1, 0.15) is 11.2 Å². The smallest absolute Gasteiger partial charge is 0.410 e. The van der Waals surface area contributed by atoms with Crippen LogP contribution in [0.3, 0.4) is 0 Å². The third-order valence-corrected chi connectivity index (χ3v) is 7.56. The summed E-state index contributed by atoms with van der Waals surface area (Å²) in [5.41, 5.74) is 3.92. The minimum Gasteiger partial charge on any atom is -0.444 e. The van der Waals surface area contributed by atoms with Gasteiger partial charge in [0.05, 0.1) is 23.5 Å². The van der Waals surface area contributed by atoms with Crippen molar-refractivity contribution in [1.29, 1.82) is 5.26 Å². The molecule has 192 valence electrons. The van der Waals surface area contributed by atoms with Crippen LogP contribution in [0.1, 0.15) is 79.4 Å². The molecule has 0 radical (unpaired) electrons. The van der Waals surface area contributed by atoms with Crippen LogP contribution in [0.2, 0.25) is 0 Å². The number of pyridine rings is 1. The van der Waals surface area contributed by atoms with Gasteiger partial charge in [-0.2, -0.15) is 5.26 Å². The molecule has 3 heterocycles. The zero-order chi connectivity index (χ0) is 26.5. The van der Waals surface area contributed by atoms with E-state index in [2.05, 4.69) is 22.6 Å². The van der Waals surface area contributed by atoms with Crippen LogP contribution in [-0.4, -0.2) is 44.1 Å². The number of rotatable bonds is 3. The number of amides is 2. The first-order valence-electron chi connectivity index (χ1n) is 12.8. The summed E-state index contributed by atoms with van der Waals surface area (Å²) in [6, 6.07) is 8.72. The first-order chi connectivity index (χ1) is 17.5. The molecule has 1 unspecified atom stereocenters. The van der Waals surface area contributed by atoms with Crippen molar-refractivity contribution in [3.63, 3.8) is 0 Å². The number of hydrogen-bond acceptors (Lipinski definition) is 5. The molecular weight excluding hydrogens is 466 g/mol. The normalized spacial score (nSPS) is 18.5. The van der Waals surface area contributed by atoms with Gasteiger partial charge in [-0.05, 0) is 88.6 Å². The number of anilines is 1. The molecule has 1 saturated carbocycles. The zero-order valence-corrected chi connectivity index (χ0v) is 22.1. The van der Waals surface area contributed by atoms with Gasteiger partial charge in [-0.3, -0.25) is 4.79 Å². The van der Waals surface area contributed by atoms with Gasteiger partial charge in [0.25, 0.3) is 5.91 Å². The summed E-state index contributed by atoms with van der Waals surface area (Å²) >= 11 is 0. The van der Waals surface area contributed by atoms with E-state index in [1.165, 1.54) is 5.56 Å². The Bertz CT molecular complexity index is 1440. The molecule has 1 N–H and O–H groups in total. The molecule has 5 rings (SSSR count). The van der Waals surface area contributed by atoms with E-state index in [-0.39, 0.29) is 23.5 Å². The third kappa shape index (κ3) is 4.66. The van der Waals surface area contributed by atoms with Gasteiger partial charge in [0.15, 0.2) is 0 Å². The number of benzene rings is 1. The molecule has 1 spiro atoms. The highest BCUT2D eigenvalue weighted by Gasteiger charge is 2.54. The lowest BCUT2D eigenvalue weighted by Crippen LogP contribution is -2.49. The Morgan fingerprint density at radius 3 is 2.70 bits per heavy atom. The standard InChI is InChI=1S/C29H33N5O3/c1-18-23(32-26(35)20-8-6-7-19(13-20)15-30)16-31-25-24(18)22(17-33(25)5)21-9-12-34(29(14-21)10-11-29)27(36)37-28(2,3)4/h6-8,13,16-17,21H,9-12,14H2,1-5H3,(H,32,35). The molecule has 8 nitrogen and oxygen atoms in total. The first kappa shape index (κ1) is 24.8. The van der Waals surface area contributed by atoms with Crippen molar-refractivity contribution in [2.75, 3.05) is 11.9 Å². The van der Waals surface area contributed by atoms with Crippen LogP contribution in [0.5, 0.6) is 0 Å². The minimum atomic E-state index is -0.515. The molecule has 3 aromatic rings. The topological polar surface area (TPSA) is 100 Å². The number of aromatic nitrogens is 2. The molecule has 2 fully saturated rings. The van der Waals surface area contributed by atoms with Gasteiger partial charge in [0.2, 0.25) is 0 Å². The van der Waals surface area contributed by atoms with Gasteiger partial charge in [-0.25, -0.2) is 9.78 Å². The second-order valence-corrected chi connectivity index (χ2v) is 11.4. The highest BCUT2D eigenvalue weighted by molar-refractivity contribution is 6.06. The number of likely N-dealkylation sites (tertiary alicyclic amines) is 1. The van der Waals surface area contributed by atoms with E-state index in [4.69, 9.17) is 10.00 Å². The lowest BCUT2D eigenvalue weighted by molar-refractivity contribution is 0.00376. The number of nitriles is 1. The van der Waals surface area contributed by atoms with Crippen molar-refractivity contribution in [3.8, 4) is 6.07 Å². The minimum absolute atomic E-state index is 0.133. The van der Waals surface area contributed by atoms with E-state index in [1.54, 1.807) is 30.5 Å². The number of fused-ring (bicyclic) bond motifs is 1. The van der Waals surface area contributed by atoms with Gasteiger partial charge in [-0.1, -0.05) is 6.07 Å². The molecule has 2 aromatic heterocycles. The summed E-state index contributed by atoms with van der Waals surface area (Å²) in [7, 11) is 1.99. The fourth-order valence-corrected chi connectivity index (χ4v) is 5.58. The molecular formula is C29H33N5O3. The maximum atomic E-state index is 13.0. The van der Waals surface area contributed by atoms with Gasteiger partial charge in [-0.15, -0.1) is 0 Å². The van der Waals surface area contributed by atoms with Crippen molar-refractivity contribution in [3.05, 3.63) is 58.9 Å². The summed E-state index contributed by atoms with van der Waals surface area (Å²) in [6.45, 7) is 8.38. The lowest BCUT2D eigenvalue weighted by Gasteiger charge is -2.40. The highest BCUT2D eigenvalue weighted by Crippen LogP contribution is 2.53.